The molecule has 2 aliphatic rings. The molecule has 0 heterocycles. The van der Waals surface area contributed by atoms with E-state index in [0.717, 1.165) is 22.6 Å². The predicted molar refractivity (Wildman–Crippen MR) is 67.8 cm³/mol. The average Bonchev–Trinajstić information content (AvgIpc) is 3.22. The highest BCUT2D eigenvalue weighted by Crippen LogP contribution is 2.70. The predicted octanol–water partition coefficient (Wildman–Crippen LogP) is 3.06. The molecule has 0 bridgehead atoms. The Hall–Kier alpha value is -1.02. The molecule has 0 unspecified atom stereocenters. The van der Waals surface area contributed by atoms with Crippen molar-refractivity contribution < 1.29 is 4.79 Å². The zero-order valence-corrected chi connectivity index (χ0v) is 10.7. The summed E-state index contributed by atoms with van der Waals surface area (Å²) in [6, 6.07) is 5.82. The van der Waals surface area contributed by atoms with Crippen molar-refractivity contribution >= 4 is 17.5 Å². The number of amides is 1. The fraction of sp³-hybridized carbons (Fsp3) is 0.500. The summed E-state index contributed by atoms with van der Waals surface area (Å²) in [5, 5.41) is 3.79. The molecule has 2 nitrogen and oxygen atoms in total. The van der Waals surface area contributed by atoms with E-state index in [1.165, 1.54) is 12.8 Å². The molecule has 3 heteroatoms. The van der Waals surface area contributed by atoms with E-state index in [0.29, 0.717) is 17.9 Å². The summed E-state index contributed by atoms with van der Waals surface area (Å²) in [5.41, 5.74) is 2.61. The number of carbonyl (C=O) groups excluding carboxylic acids is 1. The van der Waals surface area contributed by atoms with Gasteiger partial charge in [0.15, 0.2) is 0 Å². The van der Waals surface area contributed by atoms with Crippen molar-refractivity contribution in [3.8, 4) is 0 Å². The van der Waals surface area contributed by atoms with Crippen LogP contribution in [0.15, 0.2) is 18.2 Å². The van der Waals surface area contributed by atoms with Crippen molar-refractivity contribution in [3.63, 3.8) is 0 Å². The first-order valence-corrected chi connectivity index (χ1v) is 6.52. The number of benzene rings is 1. The first-order chi connectivity index (χ1) is 8.12. The van der Waals surface area contributed by atoms with E-state index < -0.39 is 0 Å². The van der Waals surface area contributed by atoms with Crippen molar-refractivity contribution in [3.05, 3.63) is 34.3 Å². The van der Waals surface area contributed by atoms with Gasteiger partial charge in [-0.1, -0.05) is 23.7 Å². The summed E-state index contributed by atoms with van der Waals surface area (Å²) < 4.78 is 0. The van der Waals surface area contributed by atoms with Gasteiger partial charge in [0.2, 0.25) is 5.91 Å². The average molecular weight is 250 g/mol. The van der Waals surface area contributed by atoms with Gasteiger partial charge in [0.1, 0.15) is 0 Å². The van der Waals surface area contributed by atoms with Crippen LogP contribution in [-0.4, -0.2) is 5.91 Å². The lowest BCUT2D eigenvalue weighted by Crippen LogP contribution is -2.25. The maximum atomic E-state index is 11.9. The molecule has 0 radical (unpaired) electrons. The van der Waals surface area contributed by atoms with E-state index in [9.17, 15) is 4.79 Å². The van der Waals surface area contributed by atoms with Crippen molar-refractivity contribution in [1.82, 2.24) is 5.32 Å². The fourth-order valence-corrected chi connectivity index (χ4v) is 2.77. The van der Waals surface area contributed by atoms with Crippen LogP contribution in [0.4, 0.5) is 0 Å². The summed E-state index contributed by atoms with van der Waals surface area (Å²) in [6.07, 6.45) is 3.61. The van der Waals surface area contributed by atoms with E-state index in [-0.39, 0.29) is 5.91 Å². The number of halogens is 1. The smallest absolute Gasteiger partial charge is 0.223 e. The molecule has 0 aliphatic heterocycles. The van der Waals surface area contributed by atoms with Crippen LogP contribution in [0.3, 0.4) is 0 Å². The van der Waals surface area contributed by atoms with Crippen LogP contribution in [0.1, 0.15) is 30.4 Å². The Morgan fingerprint density at radius 1 is 1.53 bits per heavy atom. The third-order valence-electron chi connectivity index (χ3n) is 4.23. The molecule has 1 spiro atoms. The molecule has 1 aromatic carbocycles. The van der Waals surface area contributed by atoms with Crippen LogP contribution in [-0.2, 0) is 11.3 Å². The highest BCUT2D eigenvalue weighted by atomic mass is 35.5. The molecule has 3 rings (SSSR count). The molecule has 2 aliphatic carbocycles. The Kier molecular flexibility index (Phi) is 2.44. The normalized spacial score (nSPS) is 23.5. The second-order valence-electron chi connectivity index (χ2n) is 5.36. The van der Waals surface area contributed by atoms with Crippen molar-refractivity contribution in [1.29, 1.82) is 0 Å². The second-order valence-corrected chi connectivity index (χ2v) is 5.77. The quantitative estimate of drug-likeness (QED) is 0.877. The molecule has 17 heavy (non-hydrogen) atoms. The molecule has 1 aromatic rings. The van der Waals surface area contributed by atoms with Gasteiger partial charge >= 0.3 is 0 Å². The number of carbonyl (C=O) groups is 1. The molecule has 1 atom stereocenters. The molecule has 0 aromatic heterocycles. The minimum Gasteiger partial charge on any atom is -0.352 e. The Morgan fingerprint density at radius 3 is 2.94 bits per heavy atom. The first kappa shape index (κ1) is 11.1. The number of hydrogen-bond acceptors (Lipinski definition) is 1. The molecular formula is C14H16ClNO. The second kappa shape index (κ2) is 3.74. The van der Waals surface area contributed by atoms with Gasteiger partial charge in [0, 0.05) is 17.5 Å². The van der Waals surface area contributed by atoms with Crippen LogP contribution >= 0.6 is 11.6 Å². The molecule has 1 N–H and O–H groups in total. The standard InChI is InChI=1S/C14H16ClNO/c1-9-10(3-2-4-12(9)15)8-16-13(17)11-7-14(11)5-6-14/h2-4,11H,5-8H2,1H3,(H,16,17)/t11-/m0/s1. The first-order valence-electron chi connectivity index (χ1n) is 6.14. The van der Waals surface area contributed by atoms with Crippen LogP contribution in [0.25, 0.3) is 0 Å². The van der Waals surface area contributed by atoms with Crippen molar-refractivity contribution in [2.75, 3.05) is 0 Å². The summed E-state index contributed by atoms with van der Waals surface area (Å²) in [5.74, 6) is 0.517. The highest BCUT2D eigenvalue weighted by Gasteiger charge is 2.65. The summed E-state index contributed by atoms with van der Waals surface area (Å²) >= 11 is 6.05. The van der Waals surface area contributed by atoms with Crippen LogP contribution in [0.5, 0.6) is 0 Å². The summed E-state index contributed by atoms with van der Waals surface area (Å²) in [7, 11) is 0. The van der Waals surface area contributed by atoms with Gasteiger partial charge in [-0.15, -0.1) is 0 Å². The van der Waals surface area contributed by atoms with Gasteiger partial charge in [0.25, 0.3) is 0 Å². The van der Waals surface area contributed by atoms with E-state index in [1.54, 1.807) is 0 Å². The Bertz CT molecular complexity index is 479. The van der Waals surface area contributed by atoms with Crippen LogP contribution < -0.4 is 5.32 Å². The molecule has 90 valence electrons. The van der Waals surface area contributed by atoms with Crippen LogP contribution in [0, 0.1) is 18.3 Å². The van der Waals surface area contributed by atoms with Gasteiger partial charge in [-0.3, -0.25) is 4.79 Å². The molecule has 2 fully saturated rings. The Morgan fingerprint density at radius 2 is 2.29 bits per heavy atom. The number of nitrogens with one attached hydrogen (secondary N) is 1. The maximum absolute atomic E-state index is 11.9. The van der Waals surface area contributed by atoms with E-state index >= 15 is 0 Å². The lowest BCUT2D eigenvalue weighted by atomic mass is 10.1. The van der Waals surface area contributed by atoms with Crippen LogP contribution in [0.2, 0.25) is 5.02 Å². The fourth-order valence-electron chi connectivity index (χ4n) is 2.58. The highest BCUT2D eigenvalue weighted by molar-refractivity contribution is 6.31. The topological polar surface area (TPSA) is 29.1 Å². The molecule has 2 saturated carbocycles. The van der Waals surface area contributed by atoms with Gasteiger partial charge < -0.3 is 5.32 Å². The summed E-state index contributed by atoms with van der Waals surface area (Å²) in [6.45, 7) is 2.58. The zero-order chi connectivity index (χ0) is 12.0. The van der Waals surface area contributed by atoms with Gasteiger partial charge in [-0.05, 0) is 48.8 Å². The minimum absolute atomic E-state index is 0.224. The maximum Gasteiger partial charge on any atom is 0.223 e. The number of rotatable bonds is 3. The monoisotopic (exact) mass is 249 g/mol. The largest absolute Gasteiger partial charge is 0.352 e. The van der Waals surface area contributed by atoms with Crippen molar-refractivity contribution in [2.24, 2.45) is 11.3 Å². The van der Waals surface area contributed by atoms with E-state index in [4.69, 9.17) is 11.6 Å². The third kappa shape index (κ3) is 1.95. The zero-order valence-electron chi connectivity index (χ0n) is 9.92. The minimum atomic E-state index is 0.224. The number of hydrogen-bond donors (Lipinski definition) is 1. The molecule has 0 saturated heterocycles. The lowest BCUT2D eigenvalue weighted by molar-refractivity contribution is -0.122. The SMILES string of the molecule is Cc1c(Cl)cccc1CNC(=O)[C@@H]1CC12CC2. The van der Waals surface area contributed by atoms with E-state index in [2.05, 4.69) is 5.32 Å². The lowest BCUT2D eigenvalue weighted by Gasteiger charge is -2.09. The van der Waals surface area contributed by atoms with Gasteiger partial charge in [-0.2, -0.15) is 0 Å². The third-order valence-corrected chi connectivity index (χ3v) is 4.64. The van der Waals surface area contributed by atoms with E-state index in [1.807, 2.05) is 25.1 Å². The van der Waals surface area contributed by atoms with Crippen molar-refractivity contribution in [2.45, 2.75) is 32.7 Å². The molecular weight excluding hydrogens is 234 g/mol. The van der Waals surface area contributed by atoms with Gasteiger partial charge in [-0.25, -0.2) is 0 Å². The summed E-state index contributed by atoms with van der Waals surface area (Å²) in [4.78, 5) is 11.9. The van der Waals surface area contributed by atoms with Gasteiger partial charge in [0.05, 0.1) is 0 Å². The Balaban J connectivity index is 1.60. The Labute approximate surface area is 106 Å². The molecule has 1 amide bonds.